The Hall–Kier alpha value is -1.22. The van der Waals surface area contributed by atoms with E-state index in [9.17, 15) is 0 Å². The van der Waals surface area contributed by atoms with Gasteiger partial charge in [0.25, 0.3) is 0 Å². The zero-order valence-electron chi connectivity index (χ0n) is 11.0. The largest absolute Gasteiger partial charge is 0.380 e. The van der Waals surface area contributed by atoms with Crippen LogP contribution < -0.4 is 5.32 Å². The van der Waals surface area contributed by atoms with Crippen molar-refractivity contribution in [2.45, 2.75) is 45.6 Å². The molecule has 2 aromatic rings. The third-order valence-corrected chi connectivity index (χ3v) is 3.53. The Bertz CT molecular complexity index is 501. The lowest BCUT2D eigenvalue weighted by Crippen LogP contribution is -2.15. The van der Waals surface area contributed by atoms with E-state index in [-0.39, 0.29) is 0 Å². The van der Waals surface area contributed by atoms with E-state index >= 15 is 0 Å². The molecule has 0 bridgehead atoms. The Labute approximate surface area is 113 Å². The molecule has 1 saturated carbocycles. The number of aromatic amines is 1. The van der Waals surface area contributed by atoms with Gasteiger partial charge in [-0.05, 0) is 18.9 Å². The van der Waals surface area contributed by atoms with Gasteiger partial charge < -0.3 is 10.3 Å². The van der Waals surface area contributed by atoms with Crippen LogP contribution >= 0.6 is 11.6 Å². The molecule has 1 aliphatic carbocycles. The molecule has 18 heavy (non-hydrogen) atoms. The Morgan fingerprint density at radius 2 is 2.06 bits per heavy atom. The van der Waals surface area contributed by atoms with Crippen LogP contribution in [0.3, 0.4) is 0 Å². The Kier molecular flexibility index (Phi) is 4.48. The monoisotopic (exact) mass is 265 g/mol. The molecule has 2 aromatic heterocycles. The molecule has 2 heterocycles. The second-order valence-electron chi connectivity index (χ2n) is 4.35. The van der Waals surface area contributed by atoms with E-state index in [4.69, 9.17) is 11.6 Å². The molecule has 4 heteroatoms. The van der Waals surface area contributed by atoms with E-state index in [0.29, 0.717) is 11.1 Å². The first-order valence-corrected chi connectivity index (χ1v) is 7.10. The number of rotatable bonds is 2. The van der Waals surface area contributed by atoms with Crippen molar-refractivity contribution in [3.05, 3.63) is 23.5 Å². The Morgan fingerprint density at radius 3 is 2.78 bits per heavy atom. The average Bonchev–Trinajstić information content (AvgIpc) is 3.06. The Morgan fingerprint density at radius 1 is 1.33 bits per heavy atom. The minimum absolute atomic E-state index is 0.568. The lowest BCUT2D eigenvalue weighted by Gasteiger charge is -2.15. The summed E-state index contributed by atoms with van der Waals surface area (Å²) in [4.78, 5) is 7.35. The number of hydrogen-bond acceptors (Lipinski definition) is 2. The van der Waals surface area contributed by atoms with Gasteiger partial charge in [-0.1, -0.05) is 38.3 Å². The highest BCUT2D eigenvalue weighted by molar-refractivity contribution is 6.34. The van der Waals surface area contributed by atoms with E-state index in [2.05, 4.69) is 15.3 Å². The van der Waals surface area contributed by atoms with Crippen molar-refractivity contribution in [3.8, 4) is 0 Å². The molecule has 0 radical (unpaired) electrons. The van der Waals surface area contributed by atoms with Crippen molar-refractivity contribution < 1.29 is 0 Å². The summed E-state index contributed by atoms with van der Waals surface area (Å²) < 4.78 is 0. The summed E-state index contributed by atoms with van der Waals surface area (Å²) >= 11 is 6.20. The lowest BCUT2D eigenvalue weighted by molar-refractivity contribution is 0.756. The average molecular weight is 266 g/mol. The van der Waals surface area contributed by atoms with Gasteiger partial charge in [0.1, 0.15) is 5.65 Å². The fourth-order valence-electron chi connectivity index (χ4n) is 2.40. The molecule has 3 rings (SSSR count). The van der Waals surface area contributed by atoms with Crippen LogP contribution in [0, 0.1) is 0 Å². The molecular formula is C14H20ClN3. The minimum atomic E-state index is 0.568. The second-order valence-corrected chi connectivity index (χ2v) is 4.75. The van der Waals surface area contributed by atoms with Gasteiger partial charge in [-0.2, -0.15) is 0 Å². The predicted octanol–water partition coefficient (Wildman–Crippen LogP) is 4.60. The topological polar surface area (TPSA) is 40.7 Å². The quantitative estimate of drug-likeness (QED) is 0.833. The van der Waals surface area contributed by atoms with Crippen LogP contribution in [0.5, 0.6) is 0 Å². The third-order valence-electron chi connectivity index (χ3n) is 3.24. The maximum absolute atomic E-state index is 6.20. The number of fused-ring (bicyclic) bond motifs is 1. The second kappa shape index (κ2) is 6.10. The molecule has 0 spiro atoms. The molecule has 0 unspecified atom stereocenters. The summed E-state index contributed by atoms with van der Waals surface area (Å²) in [7, 11) is 0. The Balaban J connectivity index is 0.000000574. The van der Waals surface area contributed by atoms with Crippen LogP contribution in [-0.2, 0) is 0 Å². The summed E-state index contributed by atoms with van der Waals surface area (Å²) in [6.07, 6.45) is 8.72. The highest BCUT2D eigenvalue weighted by Gasteiger charge is 2.17. The number of aromatic nitrogens is 2. The van der Waals surface area contributed by atoms with Gasteiger partial charge in [0.2, 0.25) is 0 Å². The maximum atomic E-state index is 6.20. The summed E-state index contributed by atoms with van der Waals surface area (Å²) in [5.74, 6) is 0. The van der Waals surface area contributed by atoms with E-state index in [1.807, 2.05) is 26.1 Å². The van der Waals surface area contributed by atoms with Gasteiger partial charge in [-0.15, -0.1) is 0 Å². The first kappa shape index (κ1) is 13.2. The van der Waals surface area contributed by atoms with E-state index in [0.717, 1.165) is 16.7 Å². The number of H-pyrrole nitrogens is 1. The molecule has 1 aliphatic rings. The van der Waals surface area contributed by atoms with Crippen molar-refractivity contribution in [2.75, 3.05) is 5.32 Å². The molecule has 0 amide bonds. The van der Waals surface area contributed by atoms with Gasteiger partial charge in [0.05, 0.1) is 16.9 Å². The first-order chi connectivity index (χ1) is 8.84. The normalized spacial score (nSPS) is 15.5. The van der Waals surface area contributed by atoms with Gasteiger partial charge in [-0.25, -0.2) is 4.98 Å². The number of nitrogens with zero attached hydrogens (tertiary/aromatic N) is 1. The van der Waals surface area contributed by atoms with Crippen molar-refractivity contribution in [3.63, 3.8) is 0 Å². The lowest BCUT2D eigenvalue weighted by atomic mass is 10.2. The molecule has 0 atom stereocenters. The van der Waals surface area contributed by atoms with E-state index in [1.165, 1.54) is 25.7 Å². The number of hydrogen-bond donors (Lipinski definition) is 2. The van der Waals surface area contributed by atoms with Crippen LogP contribution in [0.1, 0.15) is 39.5 Å². The molecule has 0 saturated heterocycles. The highest BCUT2D eigenvalue weighted by atomic mass is 35.5. The van der Waals surface area contributed by atoms with Crippen LogP contribution in [0.15, 0.2) is 18.5 Å². The van der Waals surface area contributed by atoms with Crippen molar-refractivity contribution in [1.82, 2.24) is 9.97 Å². The smallest absolute Gasteiger partial charge is 0.139 e. The number of halogens is 1. The van der Waals surface area contributed by atoms with Gasteiger partial charge >= 0.3 is 0 Å². The van der Waals surface area contributed by atoms with Crippen molar-refractivity contribution in [2.24, 2.45) is 0 Å². The summed E-state index contributed by atoms with van der Waals surface area (Å²) in [5, 5.41) is 5.34. The summed E-state index contributed by atoms with van der Waals surface area (Å²) in [6, 6.07) is 2.59. The molecule has 0 aromatic carbocycles. The van der Waals surface area contributed by atoms with E-state index < -0.39 is 0 Å². The number of nitrogens with one attached hydrogen (secondary N) is 2. The van der Waals surface area contributed by atoms with Gasteiger partial charge in [0, 0.05) is 17.6 Å². The fourth-order valence-corrected chi connectivity index (χ4v) is 2.61. The zero-order valence-corrected chi connectivity index (χ0v) is 11.7. The standard InChI is InChI=1S/C12H14ClN3.C2H6/c13-10-7-15-12-9(5-6-14-12)11(10)16-8-3-1-2-4-8;1-2/h5-8H,1-4H2,(H2,14,15,16);1-2H3. The maximum Gasteiger partial charge on any atom is 0.139 e. The summed E-state index contributed by atoms with van der Waals surface area (Å²) in [5.41, 5.74) is 1.92. The van der Waals surface area contributed by atoms with Crippen LogP contribution in [0.4, 0.5) is 5.69 Å². The minimum Gasteiger partial charge on any atom is -0.380 e. The molecule has 98 valence electrons. The fraction of sp³-hybridized carbons (Fsp3) is 0.500. The molecular weight excluding hydrogens is 246 g/mol. The van der Waals surface area contributed by atoms with E-state index in [1.54, 1.807) is 6.20 Å². The van der Waals surface area contributed by atoms with Crippen LogP contribution in [0.2, 0.25) is 5.02 Å². The predicted molar refractivity (Wildman–Crippen MR) is 78.3 cm³/mol. The van der Waals surface area contributed by atoms with Crippen molar-refractivity contribution >= 4 is 28.3 Å². The van der Waals surface area contributed by atoms with Gasteiger partial charge in [-0.3, -0.25) is 0 Å². The van der Waals surface area contributed by atoms with Crippen LogP contribution in [-0.4, -0.2) is 16.0 Å². The molecule has 3 nitrogen and oxygen atoms in total. The molecule has 2 N–H and O–H groups in total. The number of pyridine rings is 1. The van der Waals surface area contributed by atoms with Crippen LogP contribution in [0.25, 0.3) is 11.0 Å². The third kappa shape index (κ3) is 2.61. The van der Waals surface area contributed by atoms with Gasteiger partial charge in [0.15, 0.2) is 0 Å². The SMILES string of the molecule is CC.Clc1cnc2[nH]ccc2c1NC1CCCC1. The molecule has 1 fully saturated rings. The zero-order chi connectivity index (χ0) is 13.0. The van der Waals surface area contributed by atoms with Crippen molar-refractivity contribution in [1.29, 1.82) is 0 Å². The first-order valence-electron chi connectivity index (χ1n) is 6.73. The molecule has 0 aliphatic heterocycles. The number of anilines is 1. The summed E-state index contributed by atoms with van der Waals surface area (Å²) in [6.45, 7) is 4.00. The highest BCUT2D eigenvalue weighted by Crippen LogP contribution is 2.32.